The van der Waals surface area contributed by atoms with Gasteiger partial charge in [-0.05, 0) is 42.0 Å². The number of ether oxygens (including phenoxy) is 2. The van der Waals surface area contributed by atoms with E-state index in [1.165, 1.54) is 12.7 Å². The second-order valence-electron chi connectivity index (χ2n) is 6.49. The lowest BCUT2D eigenvalue weighted by molar-refractivity contribution is 0.0596. The van der Waals surface area contributed by atoms with Gasteiger partial charge in [-0.15, -0.1) is 0 Å². The Kier molecular flexibility index (Phi) is 6.08. The molecule has 2 aromatic carbocycles. The Bertz CT molecular complexity index is 779. The van der Waals surface area contributed by atoms with E-state index in [0.717, 1.165) is 25.4 Å². The third-order valence-corrected chi connectivity index (χ3v) is 4.78. The molecule has 1 saturated heterocycles. The first kappa shape index (κ1) is 18.9. The molecule has 6 heteroatoms. The van der Waals surface area contributed by atoms with Crippen LogP contribution in [0.1, 0.15) is 26.3 Å². The number of amides is 1. The Labute approximate surface area is 159 Å². The summed E-state index contributed by atoms with van der Waals surface area (Å²) >= 11 is 0. The van der Waals surface area contributed by atoms with Crippen molar-refractivity contribution in [2.24, 2.45) is 0 Å². The first-order valence-corrected chi connectivity index (χ1v) is 8.93. The first-order chi connectivity index (χ1) is 13.1. The molecule has 1 fully saturated rings. The topological polar surface area (TPSA) is 59.1 Å². The molecule has 0 aliphatic carbocycles. The first-order valence-electron chi connectivity index (χ1n) is 8.93. The molecule has 1 aliphatic heterocycles. The van der Waals surface area contributed by atoms with Crippen LogP contribution < -0.4 is 4.74 Å². The number of esters is 1. The van der Waals surface area contributed by atoms with Gasteiger partial charge in [0, 0.05) is 38.3 Å². The fraction of sp³-hybridized carbons (Fsp3) is 0.333. The van der Waals surface area contributed by atoms with Gasteiger partial charge in [0.15, 0.2) is 0 Å². The van der Waals surface area contributed by atoms with Crippen molar-refractivity contribution in [1.29, 1.82) is 0 Å². The van der Waals surface area contributed by atoms with Crippen LogP contribution in [0.5, 0.6) is 5.75 Å². The Morgan fingerprint density at radius 1 is 0.852 bits per heavy atom. The number of hydrogen-bond acceptors (Lipinski definition) is 5. The van der Waals surface area contributed by atoms with E-state index in [9.17, 15) is 9.59 Å². The second-order valence-corrected chi connectivity index (χ2v) is 6.49. The number of methoxy groups -OCH3 is 2. The zero-order valence-corrected chi connectivity index (χ0v) is 15.7. The average Bonchev–Trinajstić information content (AvgIpc) is 2.74. The van der Waals surface area contributed by atoms with Crippen molar-refractivity contribution in [2.75, 3.05) is 40.4 Å². The summed E-state index contributed by atoms with van der Waals surface area (Å²) in [6.45, 7) is 3.90. The fourth-order valence-electron chi connectivity index (χ4n) is 3.15. The zero-order chi connectivity index (χ0) is 19.2. The van der Waals surface area contributed by atoms with Crippen LogP contribution >= 0.6 is 0 Å². The minimum Gasteiger partial charge on any atom is -0.497 e. The quantitative estimate of drug-likeness (QED) is 0.759. The molecule has 0 aromatic heterocycles. The number of nitrogens with zero attached hydrogens (tertiary/aromatic N) is 2. The van der Waals surface area contributed by atoms with Gasteiger partial charge in [0.1, 0.15) is 5.75 Å². The SMILES string of the molecule is COC(=O)c1ccc(C(=O)N2CCN(Cc3ccc(OC)cc3)CC2)cc1. The van der Waals surface area contributed by atoms with Crippen molar-refractivity contribution >= 4 is 11.9 Å². The lowest BCUT2D eigenvalue weighted by Gasteiger charge is -2.34. The standard InChI is InChI=1S/C21H24N2O4/c1-26-19-9-3-16(4-10-19)15-22-11-13-23(14-12-22)20(24)17-5-7-18(8-6-17)21(25)27-2/h3-10H,11-15H2,1-2H3. The highest BCUT2D eigenvalue weighted by molar-refractivity contribution is 5.96. The number of carbonyl (C=O) groups excluding carboxylic acids is 2. The Balaban J connectivity index is 1.53. The molecule has 27 heavy (non-hydrogen) atoms. The van der Waals surface area contributed by atoms with E-state index in [0.29, 0.717) is 24.2 Å². The van der Waals surface area contributed by atoms with E-state index in [-0.39, 0.29) is 5.91 Å². The van der Waals surface area contributed by atoms with E-state index in [1.807, 2.05) is 17.0 Å². The molecule has 0 radical (unpaired) electrons. The molecule has 1 amide bonds. The van der Waals surface area contributed by atoms with Gasteiger partial charge in [0.05, 0.1) is 19.8 Å². The molecule has 0 unspecified atom stereocenters. The Hall–Kier alpha value is -2.86. The second kappa shape index (κ2) is 8.68. The summed E-state index contributed by atoms with van der Waals surface area (Å²) in [5, 5.41) is 0. The predicted molar refractivity (Wildman–Crippen MR) is 102 cm³/mol. The van der Waals surface area contributed by atoms with Crippen molar-refractivity contribution in [3.63, 3.8) is 0 Å². The number of carbonyl (C=O) groups is 2. The molecular weight excluding hydrogens is 344 g/mol. The minimum atomic E-state index is -0.402. The van der Waals surface area contributed by atoms with Gasteiger partial charge in [-0.25, -0.2) is 4.79 Å². The van der Waals surface area contributed by atoms with Gasteiger partial charge in [0.2, 0.25) is 0 Å². The highest BCUT2D eigenvalue weighted by atomic mass is 16.5. The van der Waals surface area contributed by atoms with E-state index >= 15 is 0 Å². The lowest BCUT2D eigenvalue weighted by atomic mass is 10.1. The van der Waals surface area contributed by atoms with Crippen LogP contribution in [0, 0.1) is 0 Å². The molecule has 142 valence electrons. The van der Waals surface area contributed by atoms with Crippen LogP contribution in [0.3, 0.4) is 0 Å². The third kappa shape index (κ3) is 4.65. The van der Waals surface area contributed by atoms with E-state index in [4.69, 9.17) is 4.74 Å². The summed E-state index contributed by atoms with van der Waals surface area (Å²) in [6, 6.07) is 14.7. The highest BCUT2D eigenvalue weighted by Crippen LogP contribution is 2.15. The van der Waals surface area contributed by atoms with E-state index < -0.39 is 5.97 Å². The number of rotatable bonds is 5. The fourth-order valence-corrected chi connectivity index (χ4v) is 3.15. The largest absolute Gasteiger partial charge is 0.497 e. The van der Waals surface area contributed by atoms with Gasteiger partial charge in [0.25, 0.3) is 5.91 Å². The molecule has 6 nitrogen and oxygen atoms in total. The maximum atomic E-state index is 12.7. The van der Waals surface area contributed by atoms with Crippen molar-refractivity contribution in [1.82, 2.24) is 9.80 Å². The summed E-state index contributed by atoms with van der Waals surface area (Å²) < 4.78 is 9.86. The molecule has 0 bridgehead atoms. The maximum absolute atomic E-state index is 12.7. The Morgan fingerprint density at radius 3 is 2.00 bits per heavy atom. The van der Waals surface area contributed by atoms with E-state index in [2.05, 4.69) is 21.8 Å². The highest BCUT2D eigenvalue weighted by Gasteiger charge is 2.22. The van der Waals surface area contributed by atoms with Gasteiger partial charge < -0.3 is 14.4 Å². The molecule has 0 N–H and O–H groups in total. The van der Waals surface area contributed by atoms with Gasteiger partial charge in [-0.2, -0.15) is 0 Å². The normalized spacial score (nSPS) is 14.7. The van der Waals surface area contributed by atoms with Crippen molar-refractivity contribution in [3.05, 3.63) is 65.2 Å². The summed E-state index contributed by atoms with van der Waals surface area (Å²) in [4.78, 5) is 28.3. The summed E-state index contributed by atoms with van der Waals surface area (Å²) in [7, 11) is 3.00. The average molecular weight is 368 g/mol. The van der Waals surface area contributed by atoms with Gasteiger partial charge in [-0.1, -0.05) is 12.1 Å². The molecular formula is C21H24N2O4. The van der Waals surface area contributed by atoms with Gasteiger partial charge in [-0.3, -0.25) is 9.69 Å². The third-order valence-electron chi connectivity index (χ3n) is 4.78. The minimum absolute atomic E-state index is 0.00415. The van der Waals surface area contributed by atoms with Crippen LogP contribution in [0.4, 0.5) is 0 Å². The molecule has 0 saturated carbocycles. The van der Waals surface area contributed by atoms with Crippen LogP contribution in [0.15, 0.2) is 48.5 Å². The molecule has 0 atom stereocenters. The van der Waals surface area contributed by atoms with Gasteiger partial charge >= 0.3 is 5.97 Å². The molecule has 2 aromatic rings. The zero-order valence-electron chi connectivity index (χ0n) is 15.7. The Morgan fingerprint density at radius 2 is 1.44 bits per heavy atom. The molecule has 0 spiro atoms. The van der Waals surface area contributed by atoms with Crippen LogP contribution in [0.25, 0.3) is 0 Å². The number of piperazine rings is 1. The smallest absolute Gasteiger partial charge is 0.337 e. The van der Waals surface area contributed by atoms with Crippen molar-refractivity contribution in [2.45, 2.75) is 6.54 Å². The monoisotopic (exact) mass is 368 g/mol. The molecule has 1 heterocycles. The molecule has 1 aliphatic rings. The summed E-state index contributed by atoms with van der Waals surface area (Å²) in [5.74, 6) is 0.448. The van der Waals surface area contributed by atoms with Crippen molar-refractivity contribution in [3.8, 4) is 5.75 Å². The number of benzene rings is 2. The van der Waals surface area contributed by atoms with Crippen LogP contribution in [-0.4, -0.2) is 62.1 Å². The van der Waals surface area contributed by atoms with Crippen LogP contribution in [-0.2, 0) is 11.3 Å². The summed E-state index contributed by atoms with van der Waals surface area (Å²) in [5.41, 5.74) is 2.26. The van der Waals surface area contributed by atoms with E-state index in [1.54, 1.807) is 31.4 Å². The number of hydrogen-bond donors (Lipinski definition) is 0. The summed E-state index contributed by atoms with van der Waals surface area (Å²) in [6.07, 6.45) is 0. The predicted octanol–water partition coefficient (Wildman–Crippen LogP) is 2.44. The van der Waals surface area contributed by atoms with Crippen molar-refractivity contribution < 1.29 is 19.1 Å². The molecule has 3 rings (SSSR count). The maximum Gasteiger partial charge on any atom is 0.337 e. The lowest BCUT2D eigenvalue weighted by Crippen LogP contribution is -2.48. The van der Waals surface area contributed by atoms with Crippen LogP contribution in [0.2, 0.25) is 0 Å².